The van der Waals surface area contributed by atoms with Crippen molar-refractivity contribution in [3.63, 3.8) is 0 Å². The maximum absolute atomic E-state index is 13.1. The number of hydrogen-bond donors (Lipinski definition) is 1. The van der Waals surface area contributed by atoms with Gasteiger partial charge in [-0.25, -0.2) is 0 Å². The molecule has 2 aromatic carbocycles. The molecule has 0 saturated carbocycles. The summed E-state index contributed by atoms with van der Waals surface area (Å²) in [7, 11) is 0. The molecule has 0 aromatic heterocycles. The Morgan fingerprint density at radius 2 is 1.67 bits per heavy atom. The van der Waals surface area contributed by atoms with E-state index in [1.165, 1.54) is 18.2 Å². The standard InChI is InChI=1S/C23H27F3N2O5/c1-3-31-20-14-18(28-9-11-30-12-10-28)21(32-4-2)13-17(20)27-22(29)15-33-19-8-6-5-7-16(19)23(24,25)26/h5-8,13-14H,3-4,9-12,15H2,1-2H3,(H,27,29). The Morgan fingerprint density at radius 3 is 2.33 bits per heavy atom. The second-order valence-electron chi connectivity index (χ2n) is 7.11. The molecular formula is C23H27F3N2O5. The number of benzene rings is 2. The predicted octanol–water partition coefficient (Wildman–Crippen LogP) is 4.36. The van der Waals surface area contributed by atoms with Crippen molar-refractivity contribution in [1.82, 2.24) is 0 Å². The molecule has 0 radical (unpaired) electrons. The number of carbonyl (C=O) groups excluding carboxylic acids is 1. The molecule has 3 rings (SSSR count). The van der Waals surface area contributed by atoms with Crippen LogP contribution in [0, 0.1) is 0 Å². The molecule has 1 N–H and O–H groups in total. The van der Waals surface area contributed by atoms with Crippen molar-refractivity contribution < 1.29 is 36.9 Å². The molecule has 1 aliphatic rings. The lowest BCUT2D eigenvalue weighted by molar-refractivity contribution is -0.139. The summed E-state index contributed by atoms with van der Waals surface area (Å²) in [4.78, 5) is 14.6. The van der Waals surface area contributed by atoms with Gasteiger partial charge in [0.2, 0.25) is 0 Å². The summed E-state index contributed by atoms with van der Waals surface area (Å²) in [6.07, 6.45) is -4.59. The van der Waals surface area contributed by atoms with Gasteiger partial charge in [-0.3, -0.25) is 4.79 Å². The lowest BCUT2D eigenvalue weighted by atomic mass is 10.2. The first-order valence-electron chi connectivity index (χ1n) is 10.7. The molecule has 0 atom stereocenters. The number of ether oxygens (including phenoxy) is 4. The van der Waals surface area contributed by atoms with E-state index in [-0.39, 0.29) is 0 Å². The fourth-order valence-corrected chi connectivity index (χ4v) is 3.40. The molecule has 1 heterocycles. The third-order valence-corrected chi connectivity index (χ3v) is 4.84. The van der Waals surface area contributed by atoms with Crippen LogP contribution in [0.4, 0.5) is 24.5 Å². The van der Waals surface area contributed by atoms with Gasteiger partial charge in [-0.1, -0.05) is 12.1 Å². The zero-order chi connectivity index (χ0) is 23.8. The van der Waals surface area contributed by atoms with Crippen molar-refractivity contribution >= 4 is 17.3 Å². The van der Waals surface area contributed by atoms with Crippen molar-refractivity contribution in [2.75, 3.05) is 56.3 Å². The van der Waals surface area contributed by atoms with Crippen LogP contribution in [0.1, 0.15) is 19.4 Å². The molecule has 1 saturated heterocycles. The molecule has 1 amide bonds. The number of halogens is 3. The van der Waals surface area contributed by atoms with E-state index < -0.39 is 30.0 Å². The first-order chi connectivity index (χ1) is 15.8. The molecule has 1 aliphatic heterocycles. The number of hydrogen-bond acceptors (Lipinski definition) is 6. The number of alkyl halides is 3. The van der Waals surface area contributed by atoms with Gasteiger partial charge >= 0.3 is 6.18 Å². The second kappa shape index (κ2) is 11.1. The van der Waals surface area contributed by atoms with E-state index in [0.29, 0.717) is 56.7 Å². The minimum Gasteiger partial charge on any atom is -0.492 e. The lowest BCUT2D eigenvalue weighted by Gasteiger charge is -2.31. The van der Waals surface area contributed by atoms with E-state index >= 15 is 0 Å². The molecule has 33 heavy (non-hydrogen) atoms. The number of amides is 1. The molecule has 0 aliphatic carbocycles. The van der Waals surface area contributed by atoms with Crippen LogP contribution in [0.3, 0.4) is 0 Å². The number of nitrogens with one attached hydrogen (secondary N) is 1. The highest BCUT2D eigenvalue weighted by Crippen LogP contribution is 2.39. The summed E-state index contributed by atoms with van der Waals surface area (Å²) in [6, 6.07) is 8.19. The van der Waals surface area contributed by atoms with Gasteiger partial charge in [-0.05, 0) is 26.0 Å². The predicted molar refractivity (Wildman–Crippen MR) is 117 cm³/mol. The average molecular weight is 468 g/mol. The van der Waals surface area contributed by atoms with E-state index in [1.807, 2.05) is 13.8 Å². The number of morpholine rings is 1. The van der Waals surface area contributed by atoms with Crippen molar-refractivity contribution in [2.24, 2.45) is 0 Å². The van der Waals surface area contributed by atoms with Gasteiger partial charge in [0.05, 0.1) is 43.4 Å². The van der Waals surface area contributed by atoms with Crippen LogP contribution in [0.15, 0.2) is 36.4 Å². The molecular weight excluding hydrogens is 441 g/mol. The van der Waals surface area contributed by atoms with Crippen LogP contribution in [0.25, 0.3) is 0 Å². The van der Waals surface area contributed by atoms with Crippen molar-refractivity contribution in [2.45, 2.75) is 20.0 Å². The van der Waals surface area contributed by atoms with Gasteiger partial charge in [0.15, 0.2) is 6.61 Å². The Morgan fingerprint density at radius 1 is 1.00 bits per heavy atom. The molecule has 0 spiro atoms. The molecule has 1 fully saturated rings. The van der Waals surface area contributed by atoms with Gasteiger partial charge in [-0.15, -0.1) is 0 Å². The van der Waals surface area contributed by atoms with Gasteiger partial charge < -0.3 is 29.2 Å². The van der Waals surface area contributed by atoms with E-state index in [2.05, 4.69) is 10.2 Å². The van der Waals surface area contributed by atoms with Crippen LogP contribution in [-0.2, 0) is 15.7 Å². The lowest BCUT2D eigenvalue weighted by Crippen LogP contribution is -2.36. The quantitative estimate of drug-likeness (QED) is 0.590. The smallest absolute Gasteiger partial charge is 0.419 e. The van der Waals surface area contributed by atoms with Crippen LogP contribution >= 0.6 is 0 Å². The molecule has 7 nitrogen and oxygen atoms in total. The van der Waals surface area contributed by atoms with Gasteiger partial charge in [-0.2, -0.15) is 13.2 Å². The van der Waals surface area contributed by atoms with E-state index in [4.69, 9.17) is 18.9 Å². The third kappa shape index (κ3) is 6.44. The summed E-state index contributed by atoms with van der Waals surface area (Å²) in [6.45, 7) is 6.37. The fourth-order valence-electron chi connectivity index (χ4n) is 3.40. The third-order valence-electron chi connectivity index (χ3n) is 4.84. The number of nitrogens with zero attached hydrogens (tertiary/aromatic N) is 1. The molecule has 0 bridgehead atoms. The topological polar surface area (TPSA) is 69.3 Å². The highest BCUT2D eigenvalue weighted by Gasteiger charge is 2.34. The molecule has 180 valence electrons. The van der Waals surface area contributed by atoms with Crippen molar-refractivity contribution in [3.05, 3.63) is 42.0 Å². The SMILES string of the molecule is CCOc1cc(N2CCOCC2)c(OCC)cc1NC(=O)COc1ccccc1C(F)(F)F. The van der Waals surface area contributed by atoms with Gasteiger partial charge in [0.1, 0.15) is 17.2 Å². The highest BCUT2D eigenvalue weighted by atomic mass is 19.4. The van der Waals surface area contributed by atoms with Gasteiger partial charge in [0.25, 0.3) is 5.91 Å². The van der Waals surface area contributed by atoms with Crippen LogP contribution in [0.2, 0.25) is 0 Å². The van der Waals surface area contributed by atoms with Gasteiger partial charge in [0, 0.05) is 25.2 Å². The first-order valence-corrected chi connectivity index (χ1v) is 10.7. The molecule has 10 heteroatoms. The average Bonchev–Trinajstić information content (AvgIpc) is 2.80. The number of para-hydroxylation sites is 1. The van der Waals surface area contributed by atoms with Crippen molar-refractivity contribution in [1.29, 1.82) is 0 Å². The summed E-state index contributed by atoms with van der Waals surface area (Å²) >= 11 is 0. The minimum absolute atomic E-state index is 0.343. The maximum atomic E-state index is 13.1. The number of anilines is 2. The Labute approximate surface area is 190 Å². The Kier molecular flexibility index (Phi) is 8.26. The highest BCUT2D eigenvalue weighted by molar-refractivity contribution is 5.94. The Hall–Kier alpha value is -3.14. The van der Waals surface area contributed by atoms with Crippen LogP contribution in [-0.4, -0.2) is 52.0 Å². The van der Waals surface area contributed by atoms with E-state index in [1.54, 1.807) is 12.1 Å². The van der Waals surface area contributed by atoms with Crippen LogP contribution < -0.4 is 24.4 Å². The summed E-state index contributed by atoms with van der Waals surface area (Å²) < 4.78 is 61.5. The first kappa shape index (κ1) is 24.5. The Bertz CT molecular complexity index is 946. The fraction of sp³-hybridized carbons (Fsp3) is 0.435. The number of carbonyl (C=O) groups is 1. The summed E-state index contributed by atoms with van der Waals surface area (Å²) in [5.74, 6) is -0.0645. The maximum Gasteiger partial charge on any atom is 0.419 e. The van der Waals surface area contributed by atoms with Crippen LogP contribution in [0.5, 0.6) is 17.2 Å². The molecule has 0 unspecified atom stereocenters. The largest absolute Gasteiger partial charge is 0.492 e. The zero-order valence-electron chi connectivity index (χ0n) is 18.5. The normalized spacial score (nSPS) is 14.0. The monoisotopic (exact) mass is 468 g/mol. The van der Waals surface area contributed by atoms with Crippen molar-refractivity contribution in [3.8, 4) is 17.2 Å². The summed E-state index contributed by atoms with van der Waals surface area (Å²) in [5, 5.41) is 2.66. The zero-order valence-corrected chi connectivity index (χ0v) is 18.5. The summed E-state index contributed by atoms with van der Waals surface area (Å²) in [5.41, 5.74) is 0.216. The Balaban J connectivity index is 1.79. The second-order valence-corrected chi connectivity index (χ2v) is 7.11. The van der Waals surface area contributed by atoms with E-state index in [0.717, 1.165) is 11.8 Å². The number of rotatable bonds is 9. The van der Waals surface area contributed by atoms with E-state index in [9.17, 15) is 18.0 Å². The molecule has 2 aromatic rings. The minimum atomic E-state index is -4.59.